The van der Waals surface area contributed by atoms with E-state index in [4.69, 9.17) is 0 Å². The molecule has 2 aliphatic carbocycles. The molecule has 0 bridgehead atoms. The van der Waals surface area contributed by atoms with Crippen LogP contribution in [0.1, 0.15) is 58.5 Å². The molecule has 0 aromatic carbocycles. The fourth-order valence-corrected chi connectivity index (χ4v) is 5.78. The van der Waals surface area contributed by atoms with Gasteiger partial charge >= 0.3 is 5.97 Å². The van der Waals surface area contributed by atoms with E-state index in [-0.39, 0.29) is 11.8 Å². The van der Waals surface area contributed by atoms with E-state index in [9.17, 15) is 19.5 Å². The Morgan fingerprint density at radius 1 is 1.07 bits per heavy atom. The molecule has 0 saturated heterocycles. The molecular formula is C22H25N3O4S. The van der Waals surface area contributed by atoms with E-state index >= 15 is 0 Å². The van der Waals surface area contributed by atoms with E-state index in [1.54, 1.807) is 12.4 Å². The van der Waals surface area contributed by atoms with E-state index in [0.717, 1.165) is 48.1 Å². The first-order chi connectivity index (χ1) is 14.4. The first-order valence-electron chi connectivity index (χ1n) is 10.3. The molecule has 2 aliphatic rings. The number of amides is 2. The lowest BCUT2D eigenvalue weighted by Crippen LogP contribution is -2.36. The zero-order valence-corrected chi connectivity index (χ0v) is 17.7. The maximum absolute atomic E-state index is 13.1. The molecule has 2 unspecified atom stereocenters. The van der Waals surface area contributed by atoms with Gasteiger partial charge in [0.1, 0.15) is 5.00 Å². The summed E-state index contributed by atoms with van der Waals surface area (Å²) in [6.45, 7) is 1.90. The molecule has 2 aromatic rings. The number of hydrogen-bond donors (Lipinski definition) is 3. The van der Waals surface area contributed by atoms with Gasteiger partial charge in [-0.25, -0.2) is 0 Å². The fraction of sp³-hybridized carbons (Fsp3) is 0.455. The van der Waals surface area contributed by atoms with Gasteiger partial charge in [-0.3, -0.25) is 19.4 Å². The third-order valence-corrected chi connectivity index (χ3v) is 7.15. The van der Waals surface area contributed by atoms with Crippen molar-refractivity contribution >= 4 is 39.8 Å². The molecule has 2 amide bonds. The fourth-order valence-electron chi connectivity index (χ4n) is 4.49. The molecule has 3 N–H and O–H groups in total. The Labute approximate surface area is 178 Å². The molecule has 0 radical (unpaired) electrons. The summed E-state index contributed by atoms with van der Waals surface area (Å²) in [7, 11) is 0. The largest absolute Gasteiger partial charge is 0.481 e. The van der Waals surface area contributed by atoms with E-state index in [2.05, 4.69) is 15.6 Å². The molecule has 1 fully saturated rings. The van der Waals surface area contributed by atoms with Gasteiger partial charge in [0, 0.05) is 11.1 Å². The topological polar surface area (TPSA) is 108 Å². The van der Waals surface area contributed by atoms with E-state index in [0.29, 0.717) is 29.1 Å². The second-order valence-electron chi connectivity index (χ2n) is 8.09. The normalized spacial score (nSPS) is 20.4. The third kappa shape index (κ3) is 4.09. The first-order valence-corrected chi connectivity index (χ1v) is 11.2. The Morgan fingerprint density at radius 3 is 2.57 bits per heavy atom. The molecule has 7 nitrogen and oxygen atoms in total. The number of fused-ring (bicyclic) bond motifs is 1. The summed E-state index contributed by atoms with van der Waals surface area (Å²) in [5.74, 6) is -2.72. The summed E-state index contributed by atoms with van der Waals surface area (Å²) in [4.78, 5) is 42.9. The number of carboxylic acid groups (broad SMARTS) is 1. The van der Waals surface area contributed by atoms with Crippen LogP contribution in [0.5, 0.6) is 0 Å². The van der Waals surface area contributed by atoms with Crippen LogP contribution < -0.4 is 10.6 Å². The summed E-state index contributed by atoms with van der Waals surface area (Å²) >= 11 is 1.44. The SMILES string of the molecule is Cc1cncc(NC(=O)c2c(NC(=O)C3CCCCC3C(=O)O)sc3c2CCC3)c1. The Bertz CT molecular complexity index is 1000. The maximum atomic E-state index is 13.1. The molecule has 1 saturated carbocycles. The highest BCUT2D eigenvalue weighted by molar-refractivity contribution is 7.17. The highest BCUT2D eigenvalue weighted by atomic mass is 32.1. The third-order valence-electron chi connectivity index (χ3n) is 5.94. The number of nitrogens with one attached hydrogen (secondary N) is 2. The molecule has 8 heteroatoms. The minimum absolute atomic E-state index is 0.268. The van der Waals surface area contributed by atoms with Gasteiger partial charge in [-0.1, -0.05) is 12.8 Å². The van der Waals surface area contributed by atoms with Crippen LogP contribution in [0.25, 0.3) is 0 Å². The standard InChI is InChI=1S/C22H25N3O4S/c1-12-9-13(11-23-10-12)24-20(27)18-16-7-4-8-17(16)30-21(18)25-19(26)14-5-2-3-6-15(14)22(28)29/h9-11,14-15H,2-8H2,1H3,(H,24,27)(H,25,26)(H,28,29). The number of carbonyl (C=O) groups is 3. The van der Waals surface area contributed by atoms with Gasteiger partial charge in [-0.2, -0.15) is 0 Å². The predicted molar refractivity (Wildman–Crippen MR) is 115 cm³/mol. The molecule has 0 aliphatic heterocycles. The minimum Gasteiger partial charge on any atom is -0.481 e. The summed E-state index contributed by atoms with van der Waals surface area (Å²) < 4.78 is 0. The van der Waals surface area contributed by atoms with Crippen molar-refractivity contribution in [2.75, 3.05) is 10.6 Å². The number of nitrogens with zero attached hydrogens (tertiary/aromatic N) is 1. The molecule has 2 aromatic heterocycles. The van der Waals surface area contributed by atoms with Gasteiger partial charge in [0.15, 0.2) is 0 Å². The van der Waals surface area contributed by atoms with Crippen LogP contribution >= 0.6 is 11.3 Å². The number of thiophene rings is 1. The van der Waals surface area contributed by atoms with Crippen LogP contribution in [0.2, 0.25) is 0 Å². The second kappa shape index (κ2) is 8.55. The lowest BCUT2D eigenvalue weighted by atomic mass is 9.79. The number of rotatable bonds is 5. The smallest absolute Gasteiger partial charge is 0.307 e. The van der Waals surface area contributed by atoms with Crippen molar-refractivity contribution in [2.45, 2.75) is 51.9 Å². The number of carboxylic acids is 1. The predicted octanol–water partition coefficient (Wildman–Crippen LogP) is 4.02. The van der Waals surface area contributed by atoms with E-state index in [1.165, 1.54) is 11.3 Å². The molecular weight excluding hydrogens is 402 g/mol. The molecule has 4 rings (SSSR count). The van der Waals surface area contributed by atoms with Crippen molar-refractivity contribution < 1.29 is 19.5 Å². The van der Waals surface area contributed by atoms with E-state index < -0.39 is 17.8 Å². The number of aryl methyl sites for hydroxylation is 2. The number of pyridine rings is 1. The average Bonchev–Trinajstić information content (AvgIpc) is 3.28. The Morgan fingerprint density at radius 2 is 1.83 bits per heavy atom. The molecule has 2 heterocycles. The Hall–Kier alpha value is -2.74. The van der Waals surface area contributed by atoms with Crippen molar-refractivity contribution in [1.82, 2.24) is 4.98 Å². The zero-order valence-electron chi connectivity index (χ0n) is 16.9. The van der Waals surface area contributed by atoms with Gasteiger partial charge in [0.25, 0.3) is 5.91 Å². The van der Waals surface area contributed by atoms with Crippen LogP contribution in [0.15, 0.2) is 18.5 Å². The van der Waals surface area contributed by atoms with Crippen LogP contribution in [0.4, 0.5) is 10.7 Å². The van der Waals surface area contributed by atoms with Crippen LogP contribution in [-0.2, 0) is 22.4 Å². The van der Waals surface area contributed by atoms with Gasteiger partial charge in [0.2, 0.25) is 5.91 Å². The van der Waals surface area contributed by atoms with Gasteiger partial charge in [0.05, 0.1) is 29.3 Å². The maximum Gasteiger partial charge on any atom is 0.307 e. The lowest BCUT2D eigenvalue weighted by Gasteiger charge is -2.27. The van der Waals surface area contributed by atoms with Crippen LogP contribution in [-0.4, -0.2) is 27.9 Å². The first kappa shape index (κ1) is 20.5. The summed E-state index contributed by atoms with van der Waals surface area (Å²) in [6.07, 6.45) is 8.74. The quantitative estimate of drug-likeness (QED) is 0.668. The van der Waals surface area contributed by atoms with Gasteiger partial charge in [-0.05, 0) is 56.2 Å². The second-order valence-corrected chi connectivity index (χ2v) is 9.20. The summed E-state index contributed by atoms with van der Waals surface area (Å²) in [6, 6.07) is 1.84. The van der Waals surface area contributed by atoms with Crippen molar-refractivity contribution in [3.8, 4) is 0 Å². The highest BCUT2D eigenvalue weighted by Crippen LogP contribution is 2.40. The number of hydrogen-bond acceptors (Lipinski definition) is 5. The average molecular weight is 428 g/mol. The van der Waals surface area contributed by atoms with Crippen molar-refractivity contribution in [2.24, 2.45) is 11.8 Å². The summed E-state index contributed by atoms with van der Waals surface area (Å²) in [5, 5.41) is 15.8. The zero-order chi connectivity index (χ0) is 21.3. The molecule has 0 spiro atoms. The Balaban J connectivity index is 1.59. The van der Waals surface area contributed by atoms with Crippen molar-refractivity contribution in [1.29, 1.82) is 0 Å². The van der Waals surface area contributed by atoms with E-state index in [1.807, 2.05) is 13.0 Å². The number of carbonyl (C=O) groups excluding carboxylic acids is 2. The van der Waals surface area contributed by atoms with Crippen molar-refractivity contribution in [3.63, 3.8) is 0 Å². The van der Waals surface area contributed by atoms with Crippen molar-refractivity contribution in [3.05, 3.63) is 40.0 Å². The molecule has 2 atom stereocenters. The molecule has 30 heavy (non-hydrogen) atoms. The lowest BCUT2D eigenvalue weighted by molar-refractivity contribution is -0.147. The number of anilines is 2. The molecule has 158 valence electrons. The van der Waals surface area contributed by atoms with Crippen LogP contribution in [0.3, 0.4) is 0 Å². The van der Waals surface area contributed by atoms with Crippen LogP contribution in [0, 0.1) is 18.8 Å². The highest BCUT2D eigenvalue weighted by Gasteiger charge is 2.37. The monoisotopic (exact) mass is 427 g/mol. The Kier molecular flexibility index (Phi) is 5.85. The summed E-state index contributed by atoms with van der Waals surface area (Å²) in [5.41, 5.74) is 3.04. The minimum atomic E-state index is -0.923. The number of aromatic nitrogens is 1. The van der Waals surface area contributed by atoms with Gasteiger partial charge in [-0.15, -0.1) is 11.3 Å². The number of aliphatic carboxylic acids is 1. The van der Waals surface area contributed by atoms with Gasteiger partial charge < -0.3 is 15.7 Å².